The van der Waals surface area contributed by atoms with E-state index in [2.05, 4.69) is 23.7 Å². The van der Waals surface area contributed by atoms with Crippen LogP contribution in [0.1, 0.15) is 51.7 Å². The van der Waals surface area contributed by atoms with Gasteiger partial charge in [0.1, 0.15) is 5.75 Å². The maximum atomic E-state index is 12.7. The summed E-state index contributed by atoms with van der Waals surface area (Å²) in [6.07, 6.45) is -4.83. The molecular weight excluding hydrogens is 479 g/mol. The van der Waals surface area contributed by atoms with Crippen LogP contribution in [-0.4, -0.2) is 30.1 Å². The molecule has 0 bridgehead atoms. The summed E-state index contributed by atoms with van der Waals surface area (Å²) >= 11 is 0. The van der Waals surface area contributed by atoms with Gasteiger partial charge in [-0.15, -0.1) is 0 Å². The third-order valence-corrected chi connectivity index (χ3v) is 6.98. The minimum absolute atomic E-state index is 0.409. The fourth-order valence-electron chi connectivity index (χ4n) is 3.66. The van der Waals surface area contributed by atoms with Crippen molar-refractivity contribution in [2.24, 2.45) is 0 Å². The van der Waals surface area contributed by atoms with Gasteiger partial charge >= 0.3 is 6.18 Å². The molecule has 1 aromatic heterocycles. The normalized spacial score (nSPS) is 12.8. The summed E-state index contributed by atoms with van der Waals surface area (Å²) in [7, 11) is -4.59. The summed E-state index contributed by atoms with van der Waals surface area (Å²) in [5.41, 5.74) is 1.70. The van der Waals surface area contributed by atoms with Gasteiger partial charge in [-0.1, -0.05) is 44.2 Å². The van der Waals surface area contributed by atoms with Crippen molar-refractivity contribution < 1.29 is 26.3 Å². The number of halogens is 3. The molecule has 0 aliphatic heterocycles. The zero-order chi connectivity index (χ0) is 26.0. The van der Waals surface area contributed by atoms with Gasteiger partial charge in [-0.05, 0) is 56.0 Å². The third-order valence-electron chi connectivity index (χ3n) is 5.46. The molecule has 1 heterocycles. The number of aromatic nitrogens is 2. The van der Waals surface area contributed by atoms with E-state index in [0.717, 1.165) is 0 Å². The Morgan fingerprint density at radius 2 is 1.71 bits per heavy atom. The molecule has 0 atom stereocenters. The molecule has 0 radical (unpaired) electrons. The van der Waals surface area contributed by atoms with E-state index < -0.39 is 27.5 Å². The van der Waals surface area contributed by atoms with Gasteiger partial charge in [0.05, 0.1) is 11.2 Å². The van der Waals surface area contributed by atoms with Gasteiger partial charge in [0.15, 0.2) is 5.75 Å². The molecule has 0 spiro atoms. The fourth-order valence-corrected chi connectivity index (χ4v) is 5.06. The van der Waals surface area contributed by atoms with Crippen molar-refractivity contribution in [3.05, 3.63) is 65.7 Å². The number of benzene rings is 2. The number of sulfonamides is 1. The van der Waals surface area contributed by atoms with Gasteiger partial charge in [0, 0.05) is 18.2 Å². The second-order valence-corrected chi connectivity index (χ2v) is 10.9. The van der Waals surface area contributed by atoms with E-state index in [1.807, 2.05) is 31.2 Å². The van der Waals surface area contributed by atoms with Gasteiger partial charge in [-0.3, -0.25) is 0 Å². The average molecular weight is 510 g/mol. The van der Waals surface area contributed by atoms with Gasteiger partial charge in [0.2, 0.25) is 15.9 Å². The first-order valence-electron chi connectivity index (χ1n) is 11.2. The lowest BCUT2D eigenvalue weighted by Gasteiger charge is -2.27. The smallest absolute Gasteiger partial charge is 0.404 e. The maximum absolute atomic E-state index is 12.7. The van der Waals surface area contributed by atoms with E-state index in [1.54, 1.807) is 35.0 Å². The number of nitrogens with one attached hydrogen (secondary N) is 1. The zero-order valence-electron chi connectivity index (χ0n) is 20.3. The Labute approximate surface area is 204 Å². The Morgan fingerprint density at radius 3 is 2.29 bits per heavy atom. The number of aryl methyl sites for hydroxylation is 1. The van der Waals surface area contributed by atoms with E-state index in [0.29, 0.717) is 40.9 Å². The second kappa shape index (κ2) is 10.0. The second-order valence-electron chi connectivity index (χ2n) is 9.19. The number of rotatable bonds is 9. The van der Waals surface area contributed by atoms with E-state index in [9.17, 15) is 21.6 Å². The topological polar surface area (TPSA) is 73.2 Å². The molecule has 190 valence electrons. The first kappa shape index (κ1) is 26.7. The predicted molar refractivity (Wildman–Crippen MR) is 130 cm³/mol. The number of hydrogen-bond acceptors (Lipinski definition) is 4. The Hall–Kier alpha value is -2.85. The van der Waals surface area contributed by atoms with Crippen molar-refractivity contribution in [3.8, 4) is 22.9 Å². The average Bonchev–Trinajstić information content (AvgIpc) is 3.14. The van der Waals surface area contributed by atoms with Crippen LogP contribution in [0.25, 0.3) is 11.3 Å². The van der Waals surface area contributed by atoms with Crippen molar-refractivity contribution >= 4 is 10.0 Å². The van der Waals surface area contributed by atoms with Crippen LogP contribution in [0.5, 0.6) is 11.6 Å². The molecule has 3 aromatic rings. The Kier molecular flexibility index (Phi) is 7.66. The van der Waals surface area contributed by atoms with Crippen LogP contribution >= 0.6 is 0 Å². The van der Waals surface area contributed by atoms with E-state index in [1.165, 1.54) is 19.4 Å². The molecule has 0 aliphatic rings. The van der Waals surface area contributed by atoms with Gasteiger partial charge in [-0.25, -0.2) is 17.8 Å². The molecule has 35 heavy (non-hydrogen) atoms. The molecule has 6 nitrogen and oxygen atoms in total. The van der Waals surface area contributed by atoms with Crippen LogP contribution in [0.3, 0.4) is 0 Å². The minimum Gasteiger partial charge on any atom is -0.439 e. The predicted octanol–water partition coefficient (Wildman–Crippen LogP) is 6.20. The van der Waals surface area contributed by atoms with Crippen molar-refractivity contribution in [1.82, 2.24) is 14.5 Å². The lowest BCUT2D eigenvalue weighted by Crippen LogP contribution is -2.44. The highest BCUT2D eigenvalue weighted by molar-refractivity contribution is 7.89. The van der Waals surface area contributed by atoms with Gasteiger partial charge in [-0.2, -0.15) is 18.3 Å². The molecule has 10 heteroatoms. The molecule has 0 fully saturated rings. The highest BCUT2D eigenvalue weighted by Crippen LogP contribution is 2.31. The molecule has 1 N–H and O–H groups in total. The first-order valence-corrected chi connectivity index (χ1v) is 12.9. The fraction of sp³-hybridized carbons (Fsp3) is 0.400. The molecule has 0 saturated heterocycles. The highest BCUT2D eigenvalue weighted by Gasteiger charge is 2.38. The van der Waals surface area contributed by atoms with Crippen LogP contribution < -0.4 is 9.46 Å². The SMILES string of the molecule is CCn1nc(-c2cccc(C(C)(C)NS(=O)(=O)CC(F)(F)F)c2)cc1Oc1ccc(C(C)C)cc1. The van der Waals surface area contributed by atoms with Crippen LogP contribution in [-0.2, 0) is 22.1 Å². The highest BCUT2D eigenvalue weighted by atomic mass is 32.2. The van der Waals surface area contributed by atoms with Gasteiger partial charge < -0.3 is 4.74 Å². The summed E-state index contributed by atoms with van der Waals surface area (Å²) in [6, 6.07) is 16.5. The zero-order valence-corrected chi connectivity index (χ0v) is 21.2. The molecular formula is C25H30F3N3O3S. The molecule has 0 aliphatic carbocycles. The first-order chi connectivity index (χ1) is 16.2. The number of alkyl halides is 3. The lowest BCUT2D eigenvalue weighted by molar-refractivity contribution is -0.106. The van der Waals surface area contributed by atoms with Crippen LogP contribution in [0.15, 0.2) is 54.6 Å². The molecule has 2 aromatic carbocycles. The summed E-state index contributed by atoms with van der Waals surface area (Å²) in [4.78, 5) is 0. The standard InChI is InChI=1S/C25H30F3N3O3S/c1-6-31-23(34-21-12-10-18(11-13-21)17(2)3)15-22(29-31)19-8-7-9-20(14-19)24(4,5)30-35(32,33)16-25(26,27)28/h7-15,17,30H,6,16H2,1-5H3. The number of hydrogen-bond donors (Lipinski definition) is 1. The molecule has 0 unspecified atom stereocenters. The van der Waals surface area contributed by atoms with E-state index in [-0.39, 0.29) is 0 Å². The molecule has 0 amide bonds. The summed E-state index contributed by atoms with van der Waals surface area (Å²) in [6.45, 7) is 9.75. The van der Waals surface area contributed by atoms with Crippen LogP contribution in [0, 0.1) is 0 Å². The monoisotopic (exact) mass is 509 g/mol. The Bertz CT molecular complexity index is 1270. The maximum Gasteiger partial charge on any atom is 0.404 e. The van der Waals surface area contributed by atoms with Crippen molar-refractivity contribution in [2.75, 3.05) is 5.75 Å². The Balaban J connectivity index is 1.86. The van der Waals surface area contributed by atoms with Crippen molar-refractivity contribution in [2.45, 2.75) is 58.8 Å². The number of nitrogens with zero attached hydrogens (tertiary/aromatic N) is 2. The van der Waals surface area contributed by atoms with Crippen molar-refractivity contribution in [3.63, 3.8) is 0 Å². The Morgan fingerprint density at radius 1 is 1.06 bits per heavy atom. The van der Waals surface area contributed by atoms with Crippen molar-refractivity contribution in [1.29, 1.82) is 0 Å². The van der Waals surface area contributed by atoms with E-state index in [4.69, 9.17) is 4.74 Å². The summed E-state index contributed by atoms with van der Waals surface area (Å²) < 4.78 is 72.0. The molecule has 0 saturated carbocycles. The van der Waals surface area contributed by atoms with Gasteiger partial charge in [0.25, 0.3) is 0 Å². The molecule has 3 rings (SSSR count). The van der Waals surface area contributed by atoms with Crippen LogP contribution in [0.2, 0.25) is 0 Å². The lowest BCUT2D eigenvalue weighted by atomic mass is 9.93. The van der Waals surface area contributed by atoms with Crippen LogP contribution in [0.4, 0.5) is 13.2 Å². The summed E-state index contributed by atoms with van der Waals surface area (Å²) in [5.74, 6) is -0.325. The minimum atomic E-state index is -4.83. The summed E-state index contributed by atoms with van der Waals surface area (Å²) in [5, 5.41) is 4.59. The quantitative estimate of drug-likeness (QED) is 0.373. The number of ether oxygens (including phenoxy) is 1. The van der Waals surface area contributed by atoms with E-state index >= 15 is 0 Å². The third kappa shape index (κ3) is 7.08. The largest absolute Gasteiger partial charge is 0.439 e.